The molecule has 0 spiro atoms. The number of halogens is 1. The van der Waals surface area contributed by atoms with Crippen molar-refractivity contribution in [1.29, 1.82) is 5.26 Å². The number of nitrogens with one attached hydrogen (secondary N) is 2. The van der Waals surface area contributed by atoms with E-state index < -0.39 is 6.61 Å². The van der Waals surface area contributed by atoms with Crippen LogP contribution in [0.3, 0.4) is 0 Å². The minimum atomic E-state index is -0.483. The standard InChI is InChI=1S/C23H25ClN8O3/c24-19-13-29-23(31-21(19)15-1-3-16(4-2-15)22(35)27-8-7-25)30-18(11-26)12-28-17-5-9-32(10-6-17)20(34)14-33/h1-4,11-13,17,33H,5-6,8-10,14,26H2,(H,27,35)(H,29,30,31). The van der Waals surface area contributed by atoms with Crippen LogP contribution in [-0.4, -0.2) is 70.3 Å². The van der Waals surface area contributed by atoms with E-state index in [0.717, 1.165) is 0 Å². The highest BCUT2D eigenvalue weighted by molar-refractivity contribution is 6.32. The van der Waals surface area contributed by atoms with Crippen LogP contribution in [-0.2, 0) is 4.79 Å². The first-order valence-electron chi connectivity index (χ1n) is 10.8. The van der Waals surface area contributed by atoms with Crippen molar-refractivity contribution in [3.05, 3.63) is 52.9 Å². The zero-order valence-electron chi connectivity index (χ0n) is 18.8. The van der Waals surface area contributed by atoms with Crippen LogP contribution in [0.5, 0.6) is 0 Å². The number of nitriles is 1. The third-order valence-corrected chi connectivity index (χ3v) is 5.58. The number of aliphatic hydroxyl groups excluding tert-OH is 1. The molecule has 12 heteroatoms. The van der Waals surface area contributed by atoms with Crippen LogP contribution < -0.4 is 16.4 Å². The van der Waals surface area contributed by atoms with Gasteiger partial charge in [0.2, 0.25) is 11.9 Å². The molecule has 0 unspecified atom stereocenters. The van der Waals surface area contributed by atoms with Crippen molar-refractivity contribution in [1.82, 2.24) is 20.2 Å². The summed E-state index contributed by atoms with van der Waals surface area (Å²) in [4.78, 5) is 38.4. The van der Waals surface area contributed by atoms with Crippen molar-refractivity contribution < 1.29 is 14.7 Å². The lowest BCUT2D eigenvalue weighted by Crippen LogP contribution is -2.41. The first kappa shape index (κ1) is 25.6. The van der Waals surface area contributed by atoms with E-state index in [9.17, 15) is 9.59 Å². The molecule has 3 rings (SSSR count). The molecular formula is C23H25ClN8O3. The van der Waals surface area contributed by atoms with Gasteiger partial charge in [-0.25, -0.2) is 9.97 Å². The molecule has 0 aliphatic carbocycles. The molecule has 1 aromatic carbocycles. The molecule has 0 atom stereocenters. The molecule has 182 valence electrons. The van der Waals surface area contributed by atoms with Crippen LogP contribution in [0.4, 0.5) is 5.95 Å². The van der Waals surface area contributed by atoms with Gasteiger partial charge in [0.05, 0.1) is 34.7 Å². The maximum Gasteiger partial charge on any atom is 0.252 e. The van der Waals surface area contributed by atoms with Gasteiger partial charge in [-0.3, -0.25) is 14.6 Å². The topological polar surface area (TPSA) is 170 Å². The van der Waals surface area contributed by atoms with E-state index in [-0.39, 0.29) is 30.3 Å². The molecule has 1 aliphatic heterocycles. The largest absolute Gasteiger partial charge is 0.403 e. The predicted octanol–water partition coefficient (Wildman–Crippen LogP) is 1.32. The van der Waals surface area contributed by atoms with Crippen LogP contribution in [0.2, 0.25) is 5.02 Å². The second-order valence-electron chi connectivity index (χ2n) is 7.60. The molecule has 35 heavy (non-hydrogen) atoms. The average Bonchev–Trinajstić information content (AvgIpc) is 2.90. The van der Waals surface area contributed by atoms with Gasteiger partial charge in [0.25, 0.3) is 5.91 Å². The molecule has 0 saturated carbocycles. The van der Waals surface area contributed by atoms with Gasteiger partial charge in [-0.05, 0) is 25.0 Å². The summed E-state index contributed by atoms with van der Waals surface area (Å²) in [5, 5.41) is 23.4. The molecule has 1 aliphatic rings. The molecule has 0 radical (unpaired) electrons. The lowest BCUT2D eigenvalue weighted by molar-refractivity contribution is -0.135. The first-order valence-corrected chi connectivity index (χ1v) is 11.2. The van der Waals surface area contributed by atoms with E-state index in [1.165, 1.54) is 12.4 Å². The number of rotatable bonds is 8. The van der Waals surface area contributed by atoms with Gasteiger partial charge in [0.1, 0.15) is 13.2 Å². The van der Waals surface area contributed by atoms with Crippen molar-refractivity contribution >= 4 is 35.6 Å². The quantitative estimate of drug-likeness (QED) is 0.313. The number of likely N-dealkylation sites (tertiary alicyclic amines) is 1. The van der Waals surface area contributed by atoms with Gasteiger partial charge >= 0.3 is 0 Å². The molecule has 1 fully saturated rings. The van der Waals surface area contributed by atoms with E-state index in [0.29, 0.717) is 53.5 Å². The van der Waals surface area contributed by atoms with E-state index in [1.807, 2.05) is 6.07 Å². The van der Waals surface area contributed by atoms with Gasteiger partial charge in [0.15, 0.2) is 0 Å². The van der Waals surface area contributed by atoms with Gasteiger partial charge in [0, 0.05) is 36.6 Å². The first-order chi connectivity index (χ1) is 16.9. The van der Waals surface area contributed by atoms with Crippen molar-refractivity contribution in [3.63, 3.8) is 0 Å². The summed E-state index contributed by atoms with van der Waals surface area (Å²) in [7, 11) is 0. The Morgan fingerprint density at radius 1 is 1.31 bits per heavy atom. The molecule has 2 aromatic rings. The number of carbonyl (C=O) groups excluding carboxylic acids is 2. The lowest BCUT2D eigenvalue weighted by Gasteiger charge is -2.29. The van der Waals surface area contributed by atoms with Gasteiger partial charge in [-0.1, -0.05) is 23.7 Å². The van der Waals surface area contributed by atoms with Crippen LogP contribution in [0, 0.1) is 11.3 Å². The number of benzene rings is 1. The second kappa shape index (κ2) is 12.5. The Kier molecular flexibility index (Phi) is 9.11. The normalized spacial score (nSPS) is 14.5. The van der Waals surface area contributed by atoms with Crippen molar-refractivity contribution in [2.75, 3.05) is 31.6 Å². The summed E-state index contributed by atoms with van der Waals surface area (Å²) in [6, 6.07) is 8.52. The van der Waals surface area contributed by atoms with Crippen molar-refractivity contribution in [2.24, 2.45) is 10.7 Å². The van der Waals surface area contributed by atoms with Crippen molar-refractivity contribution in [3.8, 4) is 17.3 Å². The molecule has 0 bridgehead atoms. The fraction of sp³-hybridized carbons (Fsp3) is 0.304. The number of amides is 2. The van der Waals surface area contributed by atoms with Crippen molar-refractivity contribution in [2.45, 2.75) is 18.9 Å². The molecule has 1 saturated heterocycles. The smallest absolute Gasteiger partial charge is 0.252 e. The third-order valence-electron chi connectivity index (χ3n) is 5.31. The molecule has 2 amide bonds. The summed E-state index contributed by atoms with van der Waals surface area (Å²) in [5.41, 5.74) is 7.76. The Hall–Kier alpha value is -4.01. The van der Waals surface area contributed by atoms with E-state index in [1.54, 1.807) is 35.4 Å². The van der Waals surface area contributed by atoms with Crippen LogP contribution in [0.15, 0.2) is 47.4 Å². The molecule has 2 heterocycles. The maximum absolute atomic E-state index is 12.0. The number of aliphatic hydroxyl groups is 1. The highest BCUT2D eigenvalue weighted by Crippen LogP contribution is 2.26. The Morgan fingerprint density at radius 3 is 2.66 bits per heavy atom. The summed E-state index contributed by atoms with van der Waals surface area (Å²) in [5.74, 6) is -0.368. The minimum Gasteiger partial charge on any atom is -0.403 e. The summed E-state index contributed by atoms with van der Waals surface area (Å²) in [6.07, 6.45) is 5.78. The van der Waals surface area contributed by atoms with Gasteiger partial charge in [-0.2, -0.15) is 5.26 Å². The number of aromatic nitrogens is 2. The van der Waals surface area contributed by atoms with E-state index >= 15 is 0 Å². The van der Waals surface area contributed by atoms with Gasteiger partial charge < -0.3 is 26.4 Å². The Balaban J connectivity index is 1.66. The minimum absolute atomic E-state index is 0.0278. The Labute approximate surface area is 207 Å². The number of anilines is 1. The number of aliphatic imine (C=N–C) groups is 1. The van der Waals surface area contributed by atoms with E-state index in [2.05, 4.69) is 25.6 Å². The fourth-order valence-corrected chi connectivity index (χ4v) is 3.63. The summed E-state index contributed by atoms with van der Waals surface area (Å²) < 4.78 is 0. The monoisotopic (exact) mass is 496 g/mol. The van der Waals surface area contributed by atoms with Crippen LogP contribution in [0.1, 0.15) is 23.2 Å². The number of hydrogen-bond acceptors (Lipinski definition) is 9. The van der Waals surface area contributed by atoms with Crippen LogP contribution >= 0.6 is 11.6 Å². The predicted molar refractivity (Wildman–Crippen MR) is 131 cm³/mol. The number of carbonyl (C=O) groups is 2. The Morgan fingerprint density at radius 2 is 2.03 bits per heavy atom. The fourth-order valence-electron chi connectivity index (χ4n) is 3.43. The third kappa shape index (κ3) is 6.99. The summed E-state index contributed by atoms with van der Waals surface area (Å²) >= 11 is 6.30. The number of nitrogens with zero attached hydrogens (tertiary/aromatic N) is 5. The number of piperidine rings is 1. The molecular weight excluding hydrogens is 472 g/mol. The molecule has 11 nitrogen and oxygen atoms in total. The van der Waals surface area contributed by atoms with Crippen LogP contribution in [0.25, 0.3) is 11.3 Å². The lowest BCUT2D eigenvalue weighted by atomic mass is 10.1. The van der Waals surface area contributed by atoms with Gasteiger partial charge in [-0.15, -0.1) is 0 Å². The number of allylic oxidation sites excluding steroid dienone is 1. The van der Waals surface area contributed by atoms with E-state index in [4.69, 9.17) is 27.7 Å². The Bertz CT molecular complexity index is 1150. The summed E-state index contributed by atoms with van der Waals surface area (Å²) in [6.45, 7) is 0.525. The number of hydrogen-bond donors (Lipinski definition) is 4. The average molecular weight is 497 g/mol. The highest BCUT2D eigenvalue weighted by Gasteiger charge is 2.21. The second-order valence-corrected chi connectivity index (χ2v) is 8.01. The number of nitrogens with two attached hydrogens (primary N) is 1. The molecule has 1 aromatic heterocycles. The SMILES string of the molecule is N#CCNC(=O)c1ccc(-c2nc(NC(C=NC3CCN(C(=O)CO)CC3)=CN)ncc2Cl)cc1. The zero-order chi connectivity index (χ0) is 25.2. The molecule has 5 N–H and O–H groups in total. The highest BCUT2D eigenvalue weighted by atomic mass is 35.5. The zero-order valence-corrected chi connectivity index (χ0v) is 19.6. The maximum atomic E-state index is 12.0.